The van der Waals surface area contributed by atoms with E-state index in [1.54, 1.807) is 0 Å². The summed E-state index contributed by atoms with van der Waals surface area (Å²) in [6.45, 7) is 9.18. The van der Waals surface area contributed by atoms with Gasteiger partial charge in [-0.1, -0.05) is 13.8 Å². The van der Waals surface area contributed by atoms with E-state index in [1.807, 2.05) is 4.90 Å². The predicted molar refractivity (Wildman–Crippen MR) is 70.2 cm³/mol. The van der Waals surface area contributed by atoms with Crippen molar-refractivity contribution >= 4 is 5.91 Å². The lowest BCUT2D eigenvalue weighted by atomic mass is 10.0. The molecule has 3 atom stereocenters. The van der Waals surface area contributed by atoms with Gasteiger partial charge in [0.15, 0.2) is 0 Å². The summed E-state index contributed by atoms with van der Waals surface area (Å²) in [6, 6.07) is 0.396. The molecule has 2 saturated heterocycles. The summed E-state index contributed by atoms with van der Waals surface area (Å²) in [5, 5.41) is 0. The van der Waals surface area contributed by atoms with Gasteiger partial charge in [-0.05, 0) is 19.5 Å². The van der Waals surface area contributed by atoms with E-state index in [-0.39, 0.29) is 17.9 Å². The average Bonchev–Trinajstić information content (AvgIpc) is 2.99. The van der Waals surface area contributed by atoms with Crippen molar-refractivity contribution in [1.29, 1.82) is 0 Å². The number of likely N-dealkylation sites (tertiary alicyclic amines) is 1. The van der Waals surface area contributed by atoms with Crippen LogP contribution in [0.1, 0.15) is 20.3 Å². The van der Waals surface area contributed by atoms with Gasteiger partial charge in [0.25, 0.3) is 0 Å². The molecule has 18 heavy (non-hydrogen) atoms. The first kappa shape index (κ1) is 13.8. The number of likely N-dealkylation sites (N-methyl/N-ethyl adjacent to an activating group) is 1. The third-order valence-corrected chi connectivity index (χ3v) is 4.25. The van der Waals surface area contributed by atoms with Gasteiger partial charge in [0.05, 0.1) is 19.1 Å². The van der Waals surface area contributed by atoms with Crippen LogP contribution in [0.15, 0.2) is 0 Å². The first-order chi connectivity index (χ1) is 8.67. The molecule has 0 bridgehead atoms. The Balaban J connectivity index is 1.90. The molecule has 2 aliphatic heterocycles. The number of hydrogen-bond donors (Lipinski definition) is 1. The van der Waals surface area contributed by atoms with Crippen LogP contribution in [-0.4, -0.2) is 67.2 Å². The van der Waals surface area contributed by atoms with Gasteiger partial charge in [-0.15, -0.1) is 0 Å². The molecule has 2 aliphatic rings. The maximum Gasteiger partial charge on any atom is 0.229 e. The van der Waals surface area contributed by atoms with Crippen molar-refractivity contribution in [3.05, 3.63) is 0 Å². The van der Waals surface area contributed by atoms with Gasteiger partial charge in [-0.2, -0.15) is 0 Å². The van der Waals surface area contributed by atoms with Crippen molar-refractivity contribution in [3.8, 4) is 0 Å². The molecule has 2 N–H and O–H groups in total. The van der Waals surface area contributed by atoms with Crippen molar-refractivity contribution in [2.75, 3.05) is 39.4 Å². The Bertz CT molecular complexity index is 294. The van der Waals surface area contributed by atoms with Gasteiger partial charge in [0, 0.05) is 25.2 Å². The zero-order valence-corrected chi connectivity index (χ0v) is 11.5. The Labute approximate surface area is 109 Å². The highest BCUT2D eigenvalue weighted by Gasteiger charge is 2.37. The van der Waals surface area contributed by atoms with Gasteiger partial charge in [-0.25, -0.2) is 0 Å². The first-order valence-corrected chi connectivity index (χ1v) is 7.03. The summed E-state index contributed by atoms with van der Waals surface area (Å²) < 4.78 is 5.28. The largest absolute Gasteiger partial charge is 0.379 e. The van der Waals surface area contributed by atoms with Crippen molar-refractivity contribution in [1.82, 2.24) is 9.80 Å². The lowest BCUT2D eigenvalue weighted by Gasteiger charge is -2.27. The van der Waals surface area contributed by atoms with Crippen molar-refractivity contribution in [2.45, 2.75) is 32.4 Å². The van der Waals surface area contributed by atoms with E-state index in [4.69, 9.17) is 10.5 Å². The molecule has 0 aromatic heterocycles. The normalized spacial score (nSPS) is 32.4. The molecule has 0 radical (unpaired) electrons. The third-order valence-electron chi connectivity index (χ3n) is 4.25. The van der Waals surface area contributed by atoms with Gasteiger partial charge in [0.1, 0.15) is 0 Å². The molecule has 0 spiro atoms. The number of carbonyl (C=O) groups is 1. The minimum atomic E-state index is -0.125. The highest BCUT2D eigenvalue weighted by Crippen LogP contribution is 2.21. The first-order valence-electron chi connectivity index (χ1n) is 7.03. The minimum absolute atomic E-state index is 0.120. The molecule has 3 unspecified atom stereocenters. The van der Waals surface area contributed by atoms with Crippen LogP contribution in [0.3, 0.4) is 0 Å². The second-order valence-corrected chi connectivity index (χ2v) is 5.26. The number of ether oxygens (including phenoxy) is 1. The van der Waals surface area contributed by atoms with E-state index in [1.165, 1.54) is 0 Å². The second kappa shape index (κ2) is 5.99. The Kier molecular flexibility index (Phi) is 4.59. The molecule has 2 heterocycles. The summed E-state index contributed by atoms with van der Waals surface area (Å²) in [5.41, 5.74) is 5.91. The summed E-state index contributed by atoms with van der Waals surface area (Å²) in [6.07, 6.45) is 1.08. The molecular weight excluding hydrogens is 230 g/mol. The smallest absolute Gasteiger partial charge is 0.229 e. The highest BCUT2D eigenvalue weighted by molar-refractivity contribution is 5.80. The van der Waals surface area contributed by atoms with Crippen LogP contribution >= 0.6 is 0 Å². The SMILES string of the molecule is CCN(CC)C1CCN(C(=O)C2COCC2N)C1. The van der Waals surface area contributed by atoms with Crippen LogP contribution < -0.4 is 5.73 Å². The Morgan fingerprint density at radius 2 is 2.11 bits per heavy atom. The average molecular weight is 255 g/mol. The van der Waals surface area contributed by atoms with Crippen molar-refractivity contribution < 1.29 is 9.53 Å². The van der Waals surface area contributed by atoms with E-state index in [9.17, 15) is 4.79 Å². The molecule has 1 amide bonds. The molecular formula is C13H25N3O2. The lowest BCUT2D eigenvalue weighted by Crippen LogP contribution is -2.44. The molecule has 2 fully saturated rings. The Morgan fingerprint density at radius 1 is 1.39 bits per heavy atom. The van der Waals surface area contributed by atoms with E-state index in [2.05, 4.69) is 18.7 Å². The van der Waals surface area contributed by atoms with Gasteiger partial charge in [-0.3, -0.25) is 9.69 Å². The quantitative estimate of drug-likeness (QED) is 0.762. The number of hydrogen-bond acceptors (Lipinski definition) is 4. The van der Waals surface area contributed by atoms with E-state index in [0.717, 1.165) is 32.6 Å². The van der Waals surface area contributed by atoms with Crippen LogP contribution in [0.25, 0.3) is 0 Å². The van der Waals surface area contributed by atoms with Gasteiger partial charge < -0.3 is 15.4 Å². The van der Waals surface area contributed by atoms with E-state index < -0.39 is 0 Å². The predicted octanol–water partition coefficient (Wildman–Crippen LogP) is -0.0972. The summed E-state index contributed by atoms with van der Waals surface area (Å²) >= 11 is 0. The van der Waals surface area contributed by atoms with Crippen LogP contribution in [0.2, 0.25) is 0 Å². The second-order valence-electron chi connectivity index (χ2n) is 5.26. The molecule has 5 nitrogen and oxygen atoms in total. The fourth-order valence-corrected chi connectivity index (χ4v) is 3.04. The van der Waals surface area contributed by atoms with Gasteiger partial charge >= 0.3 is 0 Å². The molecule has 2 rings (SSSR count). The van der Waals surface area contributed by atoms with E-state index in [0.29, 0.717) is 19.3 Å². The maximum atomic E-state index is 12.4. The van der Waals surface area contributed by atoms with Crippen LogP contribution in [0, 0.1) is 5.92 Å². The third kappa shape index (κ3) is 2.68. The van der Waals surface area contributed by atoms with Crippen LogP contribution in [0.5, 0.6) is 0 Å². The highest BCUT2D eigenvalue weighted by atomic mass is 16.5. The fraction of sp³-hybridized carbons (Fsp3) is 0.923. The Morgan fingerprint density at radius 3 is 2.67 bits per heavy atom. The fourth-order valence-electron chi connectivity index (χ4n) is 3.04. The van der Waals surface area contributed by atoms with Crippen molar-refractivity contribution in [3.63, 3.8) is 0 Å². The molecule has 104 valence electrons. The lowest BCUT2D eigenvalue weighted by molar-refractivity contribution is -0.134. The molecule has 0 saturated carbocycles. The number of rotatable bonds is 4. The zero-order valence-electron chi connectivity index (χ0n) is 11.5. The summed E-state index contributed by atoms with van der Waals surface area (Å²) in [5.74, 6) is 0.0649. The molecule has 0 aromatic rings. The summed E-state index contributed by atoms with van der Waals surface area (Å²) in [4.78, 5) is 16.8. The van der Waals surface area contributed by atoms with E-state index >= 15 is 0 Å². The monoisotopic (exact) mass is 255 g/mol. The standard InChI is InChI=1S/C13H25N3O2/c1-3-15(4-2)10-5-6-16(7-10)13(17)11-8-18-9-12(11)14/h10-12H,3-9,14H2,1-2H3. The van der Waals surface area contributed by atoms with Gasteiger partial charge in [0.2, 0.25) is 5.91 Å². The number of amides is 1. The Hall–Kier alpha value is -0.650. The number of nitrogens with two attached hydrogens (primary N) is 1. The molecule has 5 heteroatoms. The maximum absolute atomic E-state index is 12.4. The topological polar surface area (TPSA) is 58.8 Å². The van der Waals surface area contributed by atoms with Crippen LogP contribution in [-0.2, 0) is 9.53 Å². The molecule has 0 aromatic carbocycles. The number of nitrogens with zero attached hydrogens (tertiary/aromatic N) is 2. The summed E-state index contributed by atoms with van der Waals surface area (Å²) in [7, 11) is 0. The minimum Gasteiger partial charge on any atom is -0.379 e. The van der Waals surface area contributed by atoms with Crippen LogP contribution in [0.4, 0.5) is 0 Å². The molecule has 0 aliphatic carbocycles. The van der Waals surface area contributed by atoms with Crippen molar-refractivity contribution in [2.24, 2.45) is 11.7 Å². The number of carbonyl (C=O) groups excluding carboxylic acids is 1. The zero-order chi connectivity index (χ0) is 13.1.